The minimum Gasteiger partial charge on any atom is -0.378 e. The molecule has 0 aliphatic carbocycles. The van der Waals surface area contributed by atoms with E-state index in [0.29, 0.717) is 4.47 Å². The number of benzene rings is 1. The summed E-state index contributed by atoms with van der Waals surface area (Å²) in [5.41, 5.74) is 5.16. The van der Waals surface area contributed by atoms with Crippen LogP contribution in [0, 0.1) is 26.6 Å². The number of rotatable bonds is 3. The molecule has 108 valence electrons. The van der Waals surface area contributed by atoms with Crippen molar-refractivity contribution in [1.29, 1.82) is 0 Å². The number of aromatic nitrogens is 2. The Morgan fingerprint density at radius 1 is 1.30 bits per heavy atom. The number of nitrogens with zero attached hydrogens (tertiary/aromatic N) is 2. The first-order chi connectivity index (χ1) is 9.31. The number of halogens is 2. The highest BCUT2D eigenvalue weighted by molar-refractivity contribution is 9.10. The lowest BCUT2D eigenvalue weighted by Crippen LogP contribution is -2.10. The van der Waals surface area contributed by atoms with Crippen molar-refractivity contribution >= 4 is 21.6 Å². The summed E-state index contributed by atoms with van der Waals surface area (Å²) in [7, 11) is 1.94. The van der Waals surface area contributed by atoms with Gasteiger partial charge < -0.3 is 5.32 Å². The predicted octanol–water partition coefficient (Wildman–Crippen LogP) is 4.42. The topological polar surface area (TPSA) is 29.9 Å². The minimum absolute atomic E-state index is 0.111. The van der Waals surface area contributed by atoms with Gasteiger partial charge in [-0.25, -0.2) is 4.39 Å². The Kier molecular flexibility index (Phi) is 4.18. The minimum atomic E-state index is -0.241. The third-order valence-electron chi connectivity index (χ3n) is 3.64. The molecule has 0 radical (unpaired) electrons. The SMILES string of the molecule is Cc1cc(F)c(Br)cc1NC(C)c1c(C)nn(C)c1C. The van der Waals surface area contributed by atoms with E-state index >= 15 is 0 Å². The standard InChI is InChI=1S/C15H19BrFN3/c1-8-6-13(17)12(16)7-14(8)18-9(2)15-10(3)19-20(5)11(15)4/h6-7,9,18H,1-5H3. The zero-order valence-corrected chi connectivity index (χ0v) is 14.0. The Morgan fingerprint density at radius 2 is 1.95 bits per heavy atom. The highest BCUT2D eigenvalue weighted by Crippen LogP contribution is 2.29. The van der Waals surface area contributed by atoms with E-state index in [9.17, 15) is 4.39 Å². The van der Waals surface area contributed by atoms with E-state index in [4.69, 9.17) is 0 Å². The van der Waals surface area contributed by atoms with E-state index in [1.165, 1.54) is 11.6 Å². The number of aryl methyl sites for hydroxylation is 3. The van der Waals surface area contributed by atoms with Crippen LogP contribution in [-0.2, 0) is 7.05 Å². The fourth-order valence-corrected chi connectivity index (χ4v) is 2.87. The predicted molar refractivity (Wildman–Crippen MR) is 83.6 cm³/mol. The first-order valence-electron chi connectivity index (χ1n) is 6.53. The molecule has 1 aromatic carbocycles. The molecule has 1 N–H and O–H groups in total. The van der Waals surface area contributed by atoms with Gasteiger partial charge in [0.15, 0.2) is 0 Å². The Hall–Kier alpha value is -1.36. The van der Waals surface area contributed by atoms with Crippen LogP contribution in [0.1, 0.15) is 35.5 Å². The summed E-state index contributed by atoms with van der Waals surface area (Å²) in [4.78, 5) is 0. The number of anilines is 1. The van der Waals surface area contributed by atoms with E-state index in [0.717, 1.165) is 22.6 Å². The summed E-state index contributed by atoms with van der Waals surface area (Å²) in [6, 6.07) is 3.42. The van der Waals surface area contributed by atoms with Gasteiger partial charge in [-0.1, -0.05) is 0 Å². The molecule has 0 amide bonds. The molecule has 1 unspecified atom stereocenters. The molecule has 20 heavy (non-hydrogen) atoms. The van der Waals surface area contributed by atoms with Gasteiger partial charge in [-0.2, -0.15) is 5.10 Å². The lowest BCUT2D eigenvalue weighted by molar-refractivity contribution is 0.620. The molecule has 3 nitrogen and oxygen atoms in total. The van der Waals surface area contributed by atoms with E-state index in [-0.39, 0.29) is 11.9 Å². The summed E-state index contributed by atoms with van der Waals surface area (Å²) in [5.74, 6) is -0.241. The van der Waals surface area contributed by atoms with Crippen LogP contribution >= 0.6 is 15.9 Å². The van der Waals surface area contributed by atoms with Crippen LogP contribution in [0.3, 0.4) is 0 Å². The molecule has 0 saturated heterocycles. The largest absolute Gasteiger partial charge is 0.378 e. The molecule has 0 spiro atoms. The van der Waals surface area contributed by atoms with Crippen molar-refractivity contribution in [3.8, 4) is 0 Å². The van der Waals surface area contributed by atoms with Crippen molar-refractivity contribution in [2.75, 3.05) is 5.32 Å². The average molecular weight is 340 g/mol. The van der Waals surface area contributed by atoms with Gasteiger partial charge in [0.1, 0.15) is 5.82 Å². The van der Waals surface area contributed by atoms with E-state index in [2.05, 4.69) is 40.2 Å². The van der Waals surface area contributed by atoms with Gasteiger partial charge in [0.2, 0.25) is 0 Å². The molecule has 0 fully saturated rings. The van der Waals surface area contributed by atoms with Crippen LogP contribution < -0.4 is 5.32 Å². The van der Waals surface area contributed by atoms with Gasteiger partial charge in [0, 0.05) is 24.0 Å². The summed E-state index contributed by atoms with van der Waals surface area (Å²) in [6.45, 7) is 8.05. The fourth-order valence-electron chi connectivity index (χ4n) is 2.52. The fraction of sp³-hybridized carbons (Fsp3) is 0.400. The van der Waals surface area contributed by atoms with E-state index < -0.39 is 0 Å². The highest BCUT2D eigenvalue weighted by Gasteiger charge is 2.17. The van der Waals surface area contributed by atoms with Crippen molar-refractivity contribution in [2.24, 2.45) is 7.05 Å². The van der Waals surface area contributed by atoms with Gasteiger partial charge >= 0.3 is 0 Å². The second-order valence-electron chi connectivity index (χ2n) is 5.16. The van der Waals surface area contributed by atoms with Gasteiger partial charge in [0.05, 0.1) is 16.2 Å². The van der Waals surface area contributed by atoms with Crippen LogP contribution in [-0.4, -0.2) is 9.78 Å². The Bertz CT molecular complexity index is 649. The van der Waals surface area contributed by atoms with Crippen molar-refractivity contribution < 1.29 is 4.39 Å². The van der Waals surface area contributed by atoms with Crippen LogP contribution in [0.5, 0.6) is 0 Å². The molecule has 1 heterocycles. The molecule has 0 saturated carbocycles. The zero-order valence-electron chi connectivity index (χ0n) is 12.4. The Labute approximate surface area is 127 Å². The number of hydrogen-bond acceptors (Lipinski definition) is 2. The molecule has 2 rings (SSSR count). The quantitative estimate of drug-likeness (QED) is 0.896. The van der Waals surface area contributed by atoms with Gasteiger partial charge in [-0.15, -0.1) is 0 Å². The second kappa shape index (κ2) is 5.56. The highest BCUT2D eigenvalue weighted by atomic mass is 79.9. The first-order valence-corrected chi connectivity index (χ1v) is 7.32. The Morgan fingerprint density at radius 3 is 2.50 bits per heavy atom. The molecule has 1 aromatic heterocycles. The summed E-state index contributed by atoms with van der Waals surface area (Å²) in [5, 5.41) is 7.87. The molecule has 5 heteroatoms. The summed E-state index contributed by atoms with van der Waals surface area (Å²) < 4.78 is 15.8. The van der Waals surface area contributed by atoms with Crippen molar-refractivity contribution in [3.05, 3.63) is 44.9 Å². The molecular formula is C15H19BrFN3. The molecule has 0 aliphatic heterocycles. The maximum absolute atomic E-state index is 13.5. The monoisotopic (exact) mass is 339 g/mol. The van der Waals surface area contributed by atoms with Gasteiger partial charge in [-0.05, 0) is 61.3 Å². The Balaban J connectivity index is 2.32. The second-order valence-corrected chi connectivity index (χ2v) is 6.01. The lowest BCUT2D eigenvalue weighted by atomic mass is 10.1. The average Bonchev–Trinajstić information content (AvgIpc) is 2.60. The van der Waals surface area contributed by atoms with Crippen LogP contribution in [0.15, 0.2) is 16.6 Å². The third-order valence-corrected chi connectivity index (χ3v) is 4.24. The van der Waals surface area contributed by atoms with Gasteiger partial charge in [-0.3, -0.25) is 4.68 Å². The van der Waals surface area contributed by atoms with Crippen LogP contribution in [0.25, 0.3) is 0 Å². The summed E-state index contributed by atoms with van der Waals surface area (Å²) >= 11 is 3.23. The number of nitrogens with one attached hydrogen (secondary N) is 1. The zero-order chi connectivity index (χ0) is 15.0. The molecule has 0 bridgehead atoms. The third kappa shape index (κ3) is 2.73. The summed E-state index contributed by atoms with van der Waals surface area (Å²) in [6.07, 6.45) is 0. The normalized spacial score (nSPS) is 12.6. The molecule has 2 aromatic rings. The number of hydrogen-bond donors (Lipinski definition) is 1. The maximum Gasteiger partial charge on any atom is 0.137 e. The van der Waals surface area contributed by atoms with Crippen molar-refractivity contribution in [1.82, 2.24) is 9.78 Å². The first kappa shape index (κ1) is 15.0. The lowest BCUT2D eigenvalue weighted by Gasteiger charge is -2.18. The van der Waals surface area contributed by atoms with Crippen molar-refractivity contribution in [2.45, 2.75) is 33.7 Å². The van der Waals surface area contributed by atoms with Crippen molar-refractivity contribution in [3.63, 3.8) is 0 Å². The molecular weight excluding hydrogens is 321 g/mol. The van der Waals surface area contributed by atoms with E-state index in [1.54, 1.807) is 6.07 Å². The maximum atomic E-state index is 13.5. The van der Waals surface area contributed by atoms with Crippen LogP contribution in [0.2, 0.25) is 0 Å². The smallest absolute Gasteiger partial charge is 0.137 e. The molecule has 0 aliphatic rings. The van der Waals surface area contributed by atoms with E-state index in [1.807, 2.05) is 25.6 Å². The molecule has 1 atom stereocenters. The van der Waals surface area contributed by atoms with Gasteiger partial charge in [0.25, 0.3) is 0 Å². The van der Waals surface area contributed by atoms with Crippen LogP contribution in [0.4, 0.5) is 10.1 Å².